The average Bonchev–Trinajstić information content (AvgIpc) is 2.29. The van der Waals surface area contributed by atoms with Gasteiger partial charge in [0.2, 0.25) is 11.6 Å². The first-order chi connectivity index (χ1) is 8.54. The highest BCUT2D eigenvalue weighted by molar-refractivity contribution is 6.46. The minimum atomic E-state index is -0.559. The van der Waals surface area contributed by atoms with Crippen molar-refractivity contribution in [2.75, 3.05) is 0 Å². The zero-order valence-corrected chi connectivity index (χ0v) is 9.33. The lowest BCUT2D eigenvalue weighted by molar-refractivity contribution is -0.131. The first-order valence-electron chi connectivity index (χ1n) is 5.24. The van der Waals surface area contributed by atoms with Crippen LogP contribution in [0.2, 0.25) is 0 Å². The average molecular weight is 242 g/mol. The monoisotopic (exact) mass is 242 g/mol. The van der Waals surface area contributed by atoms with E-state index in [9.17, 15) is 19.8 Å². The van der Waals surface area contributed by atoms with Crippen LogP contribution in [0.5, 0.6) is 11.5 Å². The molecule has 0 aromatic heterocycles. The Labute approximate surface area is 103 Å². The summed E-state index contributed by atoms with van der Waals surface area (Å²) < 4.78 is 0. The molecule has 0 atom stereocenters. The van der Waals surface area contributed by atoms with Gasteiger partial charge >= 0.3 is 0 Å². The third-order valence-electron chi connectivity index (χ3n) is 2.36. The molecular formula is C14H10O4. The molecule has 90 valence electrons. The van der Waals surface area contributed by atoms with Crippen LogP contribution in [-0.2, 0) is 9.59 Å². The fraction of sp³-hybridized carbons (Fsp3) is 0. The van der Waals surface area contributed by atoms with Gasteiger partial charge in [0, 0.05) is 6.07 Å². The van der Waals surface area contributed by atoms with Crippen molar-refractivity contribution >= 4 is 17.6 Å². The molecule has 0 spiro atoms. The predicted molar refractivity (Wildman–Crippen MR) is 66.0 cm³/mol. The number of allylic oxidation sites excluding steroid dienone is 5. The Kier molecular flexibility index (Phi) is 3.10. The maximum absolute atomic E-state index is 11.1. The molecule has 4 nitrogen and oxygen atoms in total. The van der Waals surface area contributed by atoms with Gasteiger partial charge < -0.3 is 10.2 Å². The van der Waals surface area contributed by atoms with Crippen molar-refractivity contribution in [3.05, 3.63) is 53.6 Å². The van der Waals surface area contributed by atoms with Crippen LogP contribution in [0.25, 0.3) is 6.08 Å². The van der Waals surface area contributed by atoms with Gasteiger partial charge in [-0.25, -0.2) is 0 Å². The van der Waals surface area contributed by atoms with Crippen molar-refractivity contribution < 1.29 is 19.8 Å². The van der Waals surface area contributed by atoms with Crippen molar-refractivity contribution in [2.45, 2.75) is 0 Å². The second-order valence-corrected chi connectivity index (χ2v) is 3.82. The van der Waals surface area contributed by atoms with Gasteiger partial charge in [0.05, 0.1) is 0 Å². The van der Waals surface area contributed by atoms with Gasteiger partial charge in [-0.1, -0.05) is 18.2 Å². The molecule has 0 saturated carbocycles. The second-order valence-electron chi connectivity index (χ2n) is 3.82. The number of hydrogen-bond acceptors (Lipinski definition) is 4. The molecule has 1 aliphatic rings. The molecule has 0 aliphatic heterocycles. The van der Waals surface area contributed by atoms with E-state index in [0.29, 0.717) is 11.1 Å². The molecule has 2 N–H and O–H groups in total. The van der Waals surface area contributed by atoms with Gasteiger partial charge in [0.15, 0.2) is 0 Å². The first-order valence-corrected chi connectivity index (χ1v) is 5.24. The summed E-state index contributed by atoms with van der Waals surface area (Å²) in [5.41, 5.74) is 1.17. The van der Waals surface area contributed by atoms with Gasteiger partial charge in [-0.05, 0) is 35.4 Å². The Morgan fingerprint density at radius 1 is 0.833 bits per heavy atom. The summed E-state index contributed by atoms with van der Waals surface area (Å²) in [6.45, 7) is 0. The number of phenols is 2. The summed E-state index contributed by atoms with van der Waals surface area (Å²) in [6.07, 6.45) is 7.22. The molecule has 0 fully saturated rings. The van der Waals surface area contributed by atoms with Crippen LogP contribution >= 0.6 is 0 Å². The highest BCUT2D eigenvalue weighted by Crippen LogP contribution is 2.21. The summed E-state index contributed by atoms with van der Waals surface area (Å²) in [5, 5.41) is 18.6. The van der Waals surface area contributed by atoms with Gasteiger partial charge in [-0.2, -0.15) is 0 Å². The van der Waals surface area contributed by atoms with E-state index in [1.54, 1.807) is 12.2 Å². The molecule has 1 aromatic carbocycles. The van der Waals surface area contributed by atoms with Gasteiger partial charge in [-0.15, -0.1) is 0 Å². The number of aromatic hydroxyl groups is 2. The minimum absolute atomic E-state index is 0.0472. The fourth-order valence-electron chi connectivity index (χ4n) is 1.54. The summed E-state index contributed by atoms with van der Waals surface area (Å²) >= 11 is 0. The second kappa shape index (κ2) is 4.71. The molecule has 2 rings (SSSR count). The van der Waals surface area contributed by atoms with E-state index in [1.165, 1.54) is 36.4 Å². The van der Waals surface area contributed by atoms with E-state index in [1.807, 2.05) is 0 Å². The van der Waals surface area contributed by atoms with Crippen LogP contribution in [0.4, 0.5) is 0 Å². The number of carbonyl (C=O) groups excluding carboxylic acids is 2. The fourth-order valence-corrected chi connectivity index (χ4v) is 1.54. The van der Waals surface area contributed by atoms with E-state index in [2.05, 4.69) is 0 Å². The van der Waals surface area contributed by atoms with Gasteiger partial charge in [0.25, 0.3) is 0 Å². The lowest BCUT2D eigenvalue weighted by Crippen LogP contribution is -2.10. The smallest absolute Gasteiger partial charge is 0.226 e. The third-order valence-corrected chi connectivity index (χ3v) is 2.36. The summed E-state index contributed by atoms with van der Waals surface area (Å²) in [4.78, 5) is 22.1. The zero-order chi connectivity index (χ0) is 13.1. The van der Waals surface area contributed by atoms with Crippen molar-refractivity contribution in [2.24, 2.45) is 0 Å². The third kappa shape index (κ3) is 2.74. The summed E-state index contributed by atoms with van der Waals surface area (Å²) in [5.74, 6) is -1.19. The maximum Gasteiger partial charge on any atom is 0.226 e. The lowest BCUT2D eigenvalue weighted by atomic mass is 10.0. The summed E-state index contributed by atoms with van der Waals surface area (Å²) in [7, 11) is 0. The normalized spacial score (nSPS) is 15.2. The van der Waals surface area contributed by atoms with E-state index in [4.69, 9.17) is 0 Å². The largest absolute Gasteiger partial charge is 0.508 e. The van der Waals surface area contributed by atoms with Crippen molar-refractivity contribution in [3.63, 3.8) is 0 Å². The Hall–Kier alpha value is -2.62. The Balaban J connectivity index is 2.21. The molecule has 4 heteroatoms. The SMILES string of the molecule is O=C1C=CC(/C=C/c2cc(O)cc(O)c2)=CC1=O. The molecule has 0 radical (unpaired) electrons. The van der Waals surface area contributed by atoms with E-state index >= 15 is 0 Å². The standard InChI is InChI=1S/C14H10O4/c15-11-5-10(6-12(16)8-11)2-1-9-3-4-13(17)14(18)7-9/h1-8,15-16H/b2-1+. The van der Waals surface area contributed by atoms with Crippen LogP contribution in [0.3, 0.4) is 0 Å². The molecular weight excluding hydrogens is 232 g/mol. The number of phenolic OH excluding ortho intramolecular Hbond substituents is 2. The van der Waals surface area contributed by atoms with E-state index < -0.39 is 11.6 Å². The number of carbonyl (C=O) groups is 2. The Morgan fingerprint density at radius 3 is 2.11 bits per heavy atom. The summed E-state index contributed by atoms with van der Waals surface area (Å²) in [6, 6.07) is 4.16. The van der Waals surface area contributed by atoms with Crippen molar-refractivity contribution in [1.82, 2.24) is 0 Å². The minimum Gasteiger partial charge on any atom is -0.508 e. The molecule has 0 amide bonds. The van der Waals surface area contributed by atoms with E-state index in [0.717, 1.165) is 0 Å². The van der Waals surface area contributed by atoms with E-state index in [-0.39, 0.29) is 11.5 Å². The van der Waals surface area contributed by atoms with Crippen LogP contribution < -0.4 is 0 Å². The van der Waals surface area contributed by atoms with Crippen LogP contribution in [0, 0.1) is 0 Å². The predicted octanol–water partition coefficient (Wildman–Crippen LogP) is 1.75. The van der Waals surface area contributed by atoms with Crippen LogP contribution in [0.15, 0.2) is 48.1 Å². The van der Waals surface area contributed by atoms with Crippen LogP contribution in [-0.4, -0.2) is 21.8 Å². The zero-order valence-electron chi connectivity index (χ0n) is 9.33. The van der Waals surface area contributed by atoms with Gasteiger partial charge in [-0.3, -0.25) is 9.59 Å². The van der Waals surface area contributed by atoms with Crippen molar-refractivity contribution in [1.29, 1.82) is 0 Å². The molecule has 1 aromatic rings. The highest BCUT2D eigenvalue weighted by atomic mass is 16.3. The maximum atomic E-state index is 11.1. The highest BCUT2D eigenvalue weighted by Gasteiger charge is 2.11. The van der Waals surface area contributed by atoms with Gasteiger partial charge in [0.1, 0.15) is 11.5 Å². The molecule has 18 heavy (non-hydrogen) atoms. The molecule has 0 unspecified atom stereocenters. The molecule has 0 heterocycles. The topological polar surface area (TPSA) is 74.6 Å². The van der Waals surface area contributed by atoms with Crippen molar-refractivity contribution in [3.8, 4) is 11.5 Å². The number of rotatable bonds is 2. The molecule has 1 aliphatic carbocycles. The lowest BCUT2D eigenvalue weighted by Gasteiger charge is -2.01. The number of benzene rings is 1. The molecule has 0 bridgehead atoms. The first kappa shape index (κ1) is 11.9. The Morgan fingerprint density at radius 2 is 1.50 bits per heavy atom. The Bertz CT molecular complexity index is 586. The number of hydrogen-bond donors (Lipinski definition) is 2. The number of ketones is 2. The molecule has 0 saturated heterocycles. The quantitative estimate of drug-likeness (QED) is 0.612. The van der Waals surface area contributed by atoms with Crippen LogP contribution in [0.1, 0.15) is 5.56 Å².